The predicted octanol–water partition coefficient (Wildman–Crippen LogP) is 3.74. The van der Waals surface area contributed by atoms with Crippen LogP contribution in [0.15, 0.2) is 67.0 Å². The number of aliphatic hydroxyl groups is 1. The molecule has 0 radical (unpaired) electrons. The summed E-state index contributed by atoms with van der Waals surface area (Å²) in [5.74, 6) is -4.54. The largest absolute Gasteiger partial charge is 0.495 e. The molecule has 0 amide bonds. The zero-order valence-electron chi connectivity index (χ0n) is 19.1. The van der Waals surface area contributed by atoms with E-state index in [2.05, 4.69) is 4.98 Å². The number of alkyl halides is 3. The van der Waals surface area contributed by atoms with Crippen LogP contribution in [-0.4, -0.2) is 36.1 Å². The number of ether oxygens (including phenoxy) is 3. The Hall–Kier alpha value is -3.92. The molecule has 36 heavy (non-hydrogen) atoms. The predicted molar refractivity (Wildman–Crippen MR) is 118 cm³/mol. The molecule has 0 unspecified atom stereocenters. The lowest BCUT2D eigenvalue weighted by molar-refractivity contribution is -0.162. The monoisotopic (exact) mass is 499 g/mol. The van der Waals surface area contributed by atoms with Gasteiger partial charge in [-0.25, -0.2) is 0 Å². The minimum absolute atomic E-state index is 0.00647. The number of halogens is 3. The number of nitrogens with zero attached hydrogens (tertiary/aromatic N) is 1. The van der Waals surface area contributed by atoms with Gasteiger partial charge in [-0.3, -0.25) is 14.6 Å². The number of hydrogen-bond donors (Lipinski definition) is 1. The molecular formula is C26H20F3NO6. The molecule has 186 valence electrons. The van der Waals surface area contributed by atoms with E-state index in [4.69, 9.17) is 14.2 Å². The van der Waals surface area contributed by atoms with Gasteiger partial charge >= 0.3 is 12.1 Å². The Bertz CT molecular complexity index is 1340. The average Bonchev–Trinajstić information content (AvgIpc) is 3.00. The van der Waals surface area contributed by atoms with Crippen molar-refractivity contribution in [2.45, 2.75) is 23.3 Å². The Morgan fingerprint density at radius 1 is 1.06 bits per heavy atom. The summed E-state index contributed by atoms with van der Waals surface area (Å²) in [6, 6.07) is 12.3. The van der Waals surface area contributed by atoms with Crippen LogP contribution in [0, 0.1) is 5.92 Å². The number of carbonyl (C=O) groups excluding carboxylic acids is 2. The summed E-state index contributed by atoms with van der Waals surface area (Å²) in [5, 5.41) is 12.1. The molecule has 10 heteroatoms. The molecule has 2 aliphatic rings. The quantitative estimate of drug-likeness (QED) is 0.547. The van der Waals surface area contributed by atoms with Crippen molar-refractivity contribution in [1.82, 2.24) is 4.98 Å². The van der Waals surface area contributed by atoms with Crippen molar-refractivity contribution in [2.75, 3.05) is 14.2 Å². The average molecular weight is 499 g/mol. The lowest BCUT2D eigenvalue weighted by Gasteiger charge is -2.39. The van der Waals surface area contributed by atoms with E-state index >= 15 is 0 Å². The smallest absolute Gasteiger partial charge is 0.416 e. The molecule has 3 aromatic rings. The van der Waals surface area contributed by atoms with Gasteiger partial charge in [-0.1, -0.05) is 42.5 Å². The number of Topliss-reactive ketones (excluding diaryl/α,β-unsaturated/α-hetero) is 1. The number of methoxy groups -OCH3 is 2. The van der Waals surface area contributed by atoms with Crippen LogP contribution in [0.25, 0.3) is 0 Å². The van der Waals surface area contributed by atoms with Crippen LogP contribution >= 0.6 is 0 Å². The molecule has 0 spiro atoms. The molecule has 4 atom stereocenters. The summed E-state index contributed by atoms with van der Waals surface area (Å²) >= 11 is 0. The second-order valence-corrected chi connectivity index (χ2v) is 8.61. The Morgan fingerprint density at radius 2 is 1.72 bits per heavy atom. The van der Waals surface area contributed by atoms with E-state index in [1.54, 1.807) is 30.3 Å². The van der Waals surface area contributed by atoms with Gasteiger partial charge < -0.3 is 19.3 Å². The van der Waals surface area contributed by atoms with Crippen LogP contribution in [0.4, 0.5) is 13.2 Å². The summed E-state index contributed by atoms with van der Waals surface area (Å²) in [7, 11) is 2.43. The lowest BCUT2D eigenvalue weighted by atomic mass is 9.75. The molecule has 1 aliphatic heterocycles. The molecule has 2 heterocycles. The third-order valence-electron chi connectivity index (χ3n) is 6.91. The van der Waals surface area contributed by atoms with Crippen LogP contribution in [0.3, 0.4) is 0 Å². The molecule has 1 N–H and O–H groups in total. The number of carbonyl (C=O) groups is 2. The summed E-state index contributed by atoms with van der Waals surface area (Å²) in [4.78, 5) is 31.6. The summed E-state index contributed by atoms with van der Waals surface area (Å²) in [6.07, 6.45) is -2.08. The minimum atomic E-state index is -4.61. The standard InChI is InChI=1S/C26H20F3NO6/c1-34-17-12-30-13-18-20(17)24(33)21(22(31)35-2)19(14-6-4-3-5-7-14)25(36-18,23(24)32)15-8-10-16(11-9-15)26(27,28)29/h3-13,19,21,33H,1-2H3/t19-,21-,24+,25+/m1/s1. The van der Waals surface area contributed by atoms with Gasteiger partial charge in [-0.15, -0.1) is 0 Å². The number of aromatic nitrogens is 1. The molecule has 1 fully saturated rings. The van der Waals surface area contributed by atoms with E-state index in [9.17, 15) is 27.9 Å². The van der Waals surface area contributed by atoms with E-state index in [-0.39, 0.29) is 22.6 Å². The molecule has 2 aromatic carbocycles. The summed E-state index contributed by atoms with van der Waals surface area (Å²) in [5.41, 5.74) is -5.10. The number of benzene rings is 2. The van der Waals surface area contributed by atoms with Gasteiger partial charge in [0.25, 0.3) is 0 Å². The summed E-state index contributed by atoms with van der Waals surface area (Å²) in [6.45, 7) is 0. The molecule has 1 aromatic heterocycles. The van der Waals surface area contributed by atoms with Crippen molar-refractivity contribution < 1.29 is 42.1 Å². The maximum atomic E-state index is 14.3. The van der Waals surface area contributed by atoms with Crippen molar-refractivity contribution in [3.05, 3.63) is 89.2 Å². The van der Waals surface area contributed by atoms with E-state index in [0.717, 1.165) is 31.4 Å². The highest BCUT2D eigenvalue weighted by atomic mass is 19.4. The fourth-order valence-corrected chi connectivity index (χ4v) is 5.42. The van der Waals surface area contributed by atoms with E-state index in [0.29, 0.717) is 5.56 Å². The van der Waals surface area contributed by atoms with Crippen LogP contribution in [0.1, 0.15) is 28.2 Å². The first-order chi connectivity index (χ1) is 17.1. The number of esters is 1. The molecule has 1 saturated carbocycles. The maximum absolute atomic E-state index is 14.3. The first-order valence-electron chi connectivity index (χ1n) is 10.9. The number of hydrogen-bond acceptors (Lipinski definition) is 7. The van der Waals surface area contributed by atoms with Crippen molar-refractivity contribution in [3.63, 3.8) is 0 Å². The number of rotatable bonds is 4. The lowest BCUT2D eigenvalue weighted by Crippen LogP contribution is -2.51. The second kappa shape index (κ2) is 8.06. The second-order valence-electron chi connectivity index (χ2n) is 8.61. The topological polar surface area (TPSA) is 95.0 Å². The highest BCUT2D eigenvalue weighted by Gasteiger charge is 2.77. The van der Waals surface area contributed by atoms with E-state index in [1.807, 2.05) is 0 Å². The number of fused-ring (bicyclic) bond motifs is 4. The highest BCUT2D eigenvalue weighted by Crippen LogP contribution is 2.65. The van der Waals surface area contributed by atoms with Crippen LogP contribution in [0.2, 0.25) is 0 Å². The van der Waals surface area contributed by atoms with Crippen molar-refractivity contribution in [1.29, 1.82) is 0 Å². The van der Waals surface area contributed by atoms with Crippen molar-refractivity contribution in [3.8, 4) is 11.5 Å². The molecule has 2 bridgehead atoms. The fraction of sp³-hybridized carbons (Fsp3) is 0.269. The van der Waals surface area contributed by atoms with Gasteiger partial charge in [0, 0.05) is 5.56 Å². The fourth-order valence-electron chi connectivity index (χ4n) is 5.42. The summed E-state index contributed by atoms with van der Waals surface area (Å²) < 4.78 is 56.6. The van der Waals surface area contributed by atoms with Gasteiger partial charge in [0.2, 0.25) is 11.4 Å². The van der Waals surface area contributed by atoms with Gasteiger partial charge in [0.05, 0.1) is 43.7 Å². The van der Waals surface area contributed by atoms with Gasteiger partial charge in [0.1, 0.15) is 17.4 Å². The third kappa shape index (κ3) is 3.07. The van der Waals surface area contributed by atoms with Crippen LogP contribution in [-0.2, 0) is 31.7 Å². The van der Waals surface area contributed by atoms with E-state index in [1.165, 1.54) is 19.5 Å². The Labute approximate surface area is 203 Å². The molecule has 5 rings (SSSR count). The SMILES string of the molecule is COC(=O)[C@H]1[C@@H](c2ccccc2)[C@]2(c3ccc(C(F)(F)F)cc3)Oc3cncc(OC)c3[C@@]1(O)C2=O. The van der Waals surface area contributed by atoms with Crippen LogP contribution in [0.5, 0.6) is 11.5 Å². The zero-order valence-corrected chi connectivity index (χ0v) is 19.1. The van der Waals surface area contributed by atoms with Gasteiger partial charge in [-0.2, -0.15) is 13.2 Å². The van der Waals surface area contributed by atoms with Crippen molar-refractivity contribution in [2.24, 2.45) is 5.92 Å². The minimum Gasteiger partial charge on any atom is -0.495 e. The first-order valence-corrected chi connectivity index (χ1v) is 10.9. The molecular weight excluding hydrogens is 479 g/mol. The number of pyridine rings is 1. The van der Waals surface area contributed by atoms with Gasteiger partial charge in [-0.05, 0) is 17.7 Å². The first kappa shape index (κ1) is 23.8. The number of ketones is 1. The van der Waals surface area contributed by atoms with E-state index < -0.39 is 46.5 Å². The Morgan fingerprint density at radius 3 is 2.31 bits per heavy atom. The van der Waals surface area contributed by atoms with Crippen LogP contribution < -0.4 is 9.47 Å². The molecule has 0 saturated heterocycles. The molecule has 7 nitrogen and oxygen atoms in total. The maximum Gasteiger partial charge on any atom is 0.416 e. The molecule has 1 aliphatic carbocycles. The van der Waals surface area contributed by atoms with Crippen molar-refractivity contribution >= 4 is 11.8 Å². The Balaban J connectivity index is 1.86. The third-order valence-corrected chi connectivity index (χ3v) is 6.91. The highest BCUT2D eigenvalue weighted by molar-refractivity contribution is 6.07. The normalized spacial score (nSPS) is 26.7. The Kier molecular flexibility index (Phi) is 5.33. The zero-order chi connectivity index (χ0) is 25.9. The van der Waals surface area contributed by atoms with Gasteiger partial charge in [0.15, 0.2) is 5.60 Å².